The molecule has 4 aromatic rings. The number of H-pyrrole nitrogens is 1. The van der Waals surface area contributed by atoms with Crippen LogP contribution in [0, 0.1) is 11.6 Å². The lowest BCUT2D eigenvalue weighted by atomic mass is 9.77. The lowest BCUT2D eigenvalue weighted by molar-refractivity contribution is 0.0561. The van der Waals surface area contributed by atoms with Crippen LogP contribution in [0.3, 0.4) is 0 Å². The molecule has 1 unspecified atom stereocenters. The van der Waals surface area contributed by atoms with Gasteiger partial charge in [0.1, 0.15) is 17.7 Å². The van der Waals surface area contributed by atoms with Gasteiger partial charge in [-0.05, 0) is 43.5 Å². The van der Waals surface area contributed by atoms with E-state index in [4.69, 9.17) is 4.74 Å². The predicted molar refractivity (Wildman–Crippen MR) is 130 cm³/mol. The van der Waals surface area contributed by atoms with Crippen LogP contribution in [0.25, 0.3) is 22.0 Å². The third-order valence-corrected chi connectivity index (χ3v) is 6.44. The van der Waals surface area contributed by atoms with Gasteiger partial charge < -0.3 is 15.0 Å². The summed E-state index contributed by atoms with van der Waals surface area (Å²) in [6, 6.07) is 17.5. The quantitative estimate of drug-likeness (QED) is 0.307. The summed E-state index contributed by atoms with van der Waals surface area (Å²) in [6.07, 6.45) is 0.391. The second kappa shape index (κ2) is 8.17. The number of carbonyl (C=O) groups is 1. The van der Waals surface area contributed by atoms with E-state index in [2.05, 4.69) is 15.6 Å². The van der Waals surface area contributed by atoms with Crippen molar-refractivity contribution in [3.63, 3.8) is 0 Å². The first kappa shape index (κ1) is 21.9. The Morgan fingerprint density at radius 2 is 1.82 bits per heavy atom. The van der Waals surface area contributed by atoms with Gasteiger partial charge in [-0.1, -0.05) is 43.3 Å². The number of aromatic nitrogens is 1. The van der Waals surface area contributed by atoms with Gasteiger partial charge in [0, 0.05) is 34.6 Å². The Balaban J connectivity index is 1.54. The molecule has 0 bridgehead atoms. The number of benzene rings is 3. The number of amides is 1. The first-order valence-corrected chi connectivity index (χ1v) is 11.2. The molecule has 0 saturated carbocycles. The van der Waals surface area contributed by atoms with Crippen LogP contribution in [0.4, 0.5) is 25.0 Å². The molecule has 0 fully saturated rings. The number of nitrogens with one attached hydrogen (secondary N) is 3. The highest BCUT2D eigenvalue weighted by Gasteiger charge is 2.45. The van der Waals surface area contributed by atoms with E-state index in [1.165, 1.54) is 6.07 Å². The van der Waals surface area contributed by atoms with Crippen molar-refractivity contribution in [1.82, 2.24) is 4.98 Å². The summed E-state index contributed by atoms with van der Waals surface area (Å²) in [5, 5.41) is 6.75. The summed E-state index contributed by atoms with van der Waals surface area (Å²) in [6.45, 7) is 5.48. The zero-order valence-electron chi connectivity index (χ0n) is 19.1. The van der Waals surface area contributed by atoms with Crippen molar-refractivity contribution >= 4 is 28.4 Å². The van der Waals surface area contributed by atoms with E-state index in [0.717, 1.165) is 5.39 Å². The summed E-state index contributed by atoms with van der Waals surface area (Å²) < 4.78 is 37.1. The van der Waals surface area contributed by atoms with E-state index in [9.17, 15) is 4.79 Å². The summed E-state index contributed by atoms with van der Waals surface area (Å²) >= 11 is 0. The van der Waals surface area contributed by atoms with Gasteiger partial charge in [-0.3, -0.25) is 5.32 Å². The molecule has 5 nitrogen and oxygen atoms in total. The van der Waals surface area contributed by atoms with Crippen LogP contribution in [0.5, 0.6) is 0 Å². The number of rotatable bonds is 3. The SMILES string of the molecule is C[C@H]1c2c(cc(F)c(-c3cccc4cc[nH]c34)c2F)NC(C)(C)C1OC(=O)Nc1ccccc1. The van der Waals surface area contributed by atoms with Crippen LogP contribution in [0.2, 0.25) is 0 Å². The van der Waals surface area contributed by atoms with E-state index in [0.29, 0.717) is 22.5 Å². The molecule has 174 valence electrons. The molecular weight excluding hydrogens is 436 g/mol. The molecule has 1 aliphatic rings. The molecule has 5 rings (SSSR count). The van der Waals surface area contributed by atoms with Crippen LogP contribution in [0.15, 0.2) is 66.9 Å². The van der Waals surface area contributed by atoms with Crippen molar-refractivity contribution < 1.29 is 18.3 Å². The van der Waals surface area contributed by atoms with Gasteiger partial charge in [-0.15, -0.1) is 0 Å². The molecule has 3 N–H and O–H groups in total. The Hall–Kier alpha value is -3.87. The average Bonchev–Trinajstić information content (AvgIpc) is 3.26. The maximum Gasteiger partial charge on any atom is 0.411 e. The normalized spacial score (nSPS) is 18.7. The van der Waals surface area contributed by atoms with Crippen LogP contribution >= 0.6 is 0 Å². The predicted octanol–water partition coefficient (Wildman–Crippen LogP) is 7.04. The molecule has 0 aliphatic carbocycles. The minimum atomic E-state index is -0.764. The molecule has 1 aromatic heterocycles. The van der Waals surface area contributed by atoms with Gasteiger partial charge in [-0.2, -0.15) is 0 Å². The van der Waals surface area contributed by atoms with Gasteiger partial charge in [0.25, 0.3) is 0 Å². The smallest absolute Gasteiger partial charge is 0.411 e. The van der Waals surface area contributed by atoms with E-state index in [1.807, 2.05) is 32.0 Å². The number of fused-ring (bicyclic) bond motifs is 2. The van der Waals surface area contributed by atoms with Crippen molar-refractivity contribution in [2.24, 2.45) is 0 Å². The second-order valence-electron chi connectivity index (χ2n) is 9.21. The fraction of sp³-hybridized carbons (Fsp3) is 0.222. The third kappa shape index (κ3) is 3.67. The lowest BCUT2D eigenvalue weighted by Gasteiger charge is -2.44. The van der Waals surface area contributed by atoms with Crippen LogP contribution in [0.1, 0.15) is 32.3 Å². The first-order valence-electron chi connectivity index (χ1n) is 11.2. The zero-order valence-corrected chi connectivity index (χ0v) is 19.1. The van der Waals surface area contributed by atoms with E-state index in [1.54, 1.807) is 49.5 Å². The molecule has 1 amide bonds. The highest BCUT2D eigenvalue weighted by molar-refractivity contribution is 5.95. The number of anilines is 2. The minimum absolute atomic E-state index is 0.104. The summed E-state index contributed by atoms with van der Waals surface area (Å²) in [5.41, 5.74) is 1.48. The van der Waals surface area contributed by atoms with Crippen molar-refractivity contribution in [3.05, 3.63) is 84.1 Å². The van der Waals surface area contributed by atoms with E-state index < -0.39 is 35.3 Å². The number of hydrogen-bond acceptors (Lipinski definition) is 3. The van der Waals surface area contributed by atoms with Crippen LogP contribution in [-0.4, -0.2) is 22.7 Å². The van der Waals surface area contributed by atoms with Gasteiger partial charge in [0.2, 0.25) is 0 Å². The molecule has 2 heterocycles. The summed E-state index contributed by atoms with van der Waals surface area (Å²) in [4.78, 5) is 15.7. The molecule has 0 radical (unpaired) electrons. The molecule has 34 heavy (non-hydrogen) atoms. The molecule has 3 aromatic carbocycles. The lowest BCUT2D eigenvalue weighted by Crippen LogP contribution is -2.52. The molecule has 7 heteroatoms. The Bertz CT molecular complexity index is 1380. The van der Waals surface area contributed by atoms with E-state index in [-0.39, 0.29) is 11.1 Å². The van der Waals surface area contributed by atoms with Crippen molar-refractivity contribution in [1.29, 1.82) is 0 Å². The average molecular weight is 462 g/mol. The summed E-state index contributed by atoms with van der Waals surface area (Å²) in [7, 11) is 0. The molecule has 0 saturated heterocycles. The Morgan fingerprint density at radius 3 is 2.59 bits per heavy atom. The topological polar surface area (TPSA) is 66.1 Å². The molecule has 0 spiro atoms. The largest absolute Gasteiger partial charge is 0.443 e. The highest BCUT2D eigenvalue weighted by atomic mass is 19.1. The number of para-hydroxylation sites is 2. The zero-order chi connectivity index (χ0) is 24.0. The fourth-order valence-corrected chi connectivity index (χ4v) is 4.95. The van der Waals surface area contributed by atoms with Gasteiger partial charge in [0.05, 0.1) is 16.6 Å². The van der Waals surface area contributed by atoms with Crippen molar-refractivity contribution in [2.45, 2.75) is 38.3 Å². The Kier molecular flexibility index (Phi) is 5.27. The van der Waals surface area contributed by atoms with Gasteiger partial charge >= 0.3 is 6.09 Å². The van der Waals surface area contributed by atoms with E-state index >= 15 is 8.78 Å². The molecular formula is C27H25F2N3O2. The second-order valence-corrected chi connectivity index (χ2v) is 9.21. The van der Waals surface area contributed by atoms with Crippen LogP contribution in [-0.2, 0) is 4.74 Å². The molecule has 2 atom stereocenters. The Morgan fingerprint density at radius 1 is 1.06 bits per heavy atom. The monoisotopic (exact) mass is 461 g/mol. The standard InChI is InChI=1S/C27H25F2N3O2/c1-15-21-20(32-27(2,3)25(15)34-26(33)31-17-9-5-4-6-10-17)14-19(28)22(23(21)29)18-11-7-8-16-12-13-30-24(16)18/h4-15,25,30,32H,1-3H3,(H,31,33)/t15-,25?/m0/s1. The Labute approximate surface area is 196 Å². The number of aromatic amines is 1. The maximum absolute atomic E-state index is 16.0. The van der Waals surface area contributed by atoms with Gasteiger partial charge in [0.15, 0.2) is 0 Å². The minimum Gasteiger partial charge on any atom is -0.443 e. The number of carbonyl (C=O) groups excluding carboxylic acids is 1. The van der Waals surface area contributed by atoms with Gasteiger partial charge in [-0.25, -0.2) is 13.6 Å². The van der Waals surface area contributed by atoms with Crippen molar-refractivity contribution in [3.8, 4) is 11.1 Å². The summed E-state index contributed by atoms with van der Waals surface area (Å²) in [5.74, 6) is -1.85. The van der Waals surface area contributed by atoms with Crippen molar-refractivity contribution in [2.75, 3.05) is 10.6 Å². The maximum atomic E-state index is 16.0. The fourth-order valence-electron chi connectivity index (χ4n) is 4.95. The number of hydrogen-bond donors (Lipinski definition) is 3. The number of ether oxygens (including phenoxy) is 1. The third-order valence-electron chi connectivity index (χ3n) is 6.44. The molecule has 1 aliphatic heterocycles. The number of halogens is 2. The first-order chi connectivity index (χ1) is 16.3. The van der Waals surface area contributed by atoms with Crippen LogP contribution < -0.4 is 10.6 Å². The highest BCUT2D eigenvalue weighted by Crippen LogP contribution is 2.46.